The lowest BCUT2D eigenvalue weighted by atomic mass is 9.87. The zero-order chi connectivity index (χ0) is 26.5. The van der Waals surface area contributed by atoms with Gasteiger partial charge in [-0.1, -0.05) is 0 Å². The number of ether oxygens (including phenoxy) is 1. The van der Waals surface area contributed by atoms with Crippen LogP contribution < -0.4 is 5.32 Å². The van der Waals surface area contributed by atoms with Crippen molar-refractivity contribution in [3.05, 3.63) is 65.1 Å². The number of rotatable bonds is 9. The van der Waals surface area contributed by atoms with Crippen molar-refractivity contribution in [2.75, 3.05) is 25.0 Å². The van der Waals surface area contributed by atoms with Gasteiger partial charge in [0.15, 0.2) is 0 Å². The Bertz CT molecular complexity index is 1440. The second-order valence-electron chi connectivity index (χ2n) is 10.1. The zero-order valence-corrected chi connectivity index (χ0v) is 22.1. The molecule has 37 heavy (non-hydrogen) atoms. The van der Waals surface area contributed by atoms with Crippen LogP contribution in [0.5, 0.6) is 0 Å². The first kappa shape index (κ1) is 25.5. The molecule has 0 amide bonds. The summed E-state index contributed by atoms with van der Waals surface area (Å²) in [5, 5.41) is 19.3. The molecule has 3 atom stereocenters. The molecule has 1 aliphatic carbocycles. The summed E-state index contributed by atoms with van der Waals surface area (Å²) in [5.41, 5.74) is 3.71. The van der Waals surface area contributed by atoms with E-state index in [9.17, 15) is 12.8 Å². The number of nitrogens with one attached hydrogen (secondary N) is 2. The molecule has 2 aliphatic rings. The number of hydrogen-bond donors (Lipinski definition) is 2. The lowest BCUT2D eigenvalue weighted by Crippen LogP contribution is -2.36. The van der Waals surface area contributed by atoms with Gasteiger partial charge in [-0.05, 0) is 80.1 Å². The van der Waals surface area contributed by atoms with Crippen molar-refractivity contribution in [2.24, 2.45) is 18.9 Å². The maximum Gasteiger partial charge on any atom is 0.264 e. The van der Waals surface area contributed by atoms with Crippen molar-refractivity contribution in [1.29, 1.82) is 5.41 Å². The highest BCUT2D eigenvalue weighted by molar-refractivity contribution is 7.89. The monoisotopic (exact) mass is 526 g/mol. The number of anilines is 2. The molecule has 1 saturated heterocycles. The topological polar surface area (TPSA) is 113 Å². The maximum atomic E-state index is 13.4. The van der Waals surface area contributed by atoms with E-state index >= 15 is 0 Å². The van der Waals surface area contributed by atoms with E-state index in [-0.39, 0.29) is 28.8 Å². The molecular weight excluding hydrogens is 495 g/mol. The molecule has 0 unspecified atom stereocenters. The van der Waals surface area contributed by atoms with Crippen molar-refractivity contribution in [3.8, 4) is 0 Å². The minimum Gasteiger partial charge on any atom is -0.378 e. The number of benzene rings is 2. The molecule has 1 aliphatic heterocycles. The summed E-state index contributed by atoms with van der Waals surface area (Å²) >= 11 is 0. The molecule has 0 bridgehead atoms. The lowest BCUT2D eigenvalue weighted by molar-refractivity contribution is 0.0615. The Labute approximate surface area is 216 Å². The van der Waals surface area contributed by atoms with E-state index in [0.29, 0.717) is 30.9 Å². The highest BCUT2D eigenvalue weighted by Gasteiger charge is 2.71. The fraction of sp³-hybridized carbons (Fsp3) is 0.423. The van der Waals surface area contributed by atoms with Gasteiger partial charge in [0.25, 0.3) is 10.0 Å². The summed E-state index contributed by atoms with van der Waals surface area (Å²) in [6, 6.07) is 10.0. The number of halogens is 1. The van der Waals surface area contributed by atoms with Crippen molar-refractivity contribution in [3.63, 3.8) is 0 Å². The van der Waals surface area contributed by atoms with Gasteiger partial charge in [-0.25, -0.2) is 12.8 Å². The van der Waals surface area contributed by atoms with Crippen LogP contribution in [0.4, 0.5) is 15.8 Å². The van der Waals surface area contributed by atoms with Crippen LogP contribution in [-0.2, 0) is 27.2 Å². The average Bonchev–Trinajstić information content (AvgIpc) is 3.16. The molecule has 1 saturated carbocycles. The highest BCUT2D eigenvalue weighted by Crippen LogP contribution is 2.65. The molecule has 1 aromatic heterocycles. The van der Waals surface area contributed by atoms with Crippen LogP contribution in [0, 0.1) is 30.0 Å². The quantitative estimate of drug-likeness (QED) is 0.412. The Morgan fingerprint density at radius 3 is 2.65 bits per heavy atom. The molecule has 5 rings (SSSR count). The third-order valence-corrected chi connectivity index (χ3v) is 9.18. The third-order valence-electron chi connectivity index (χ3n) is 7.51. The second-order valence-corrected chi connectivity index (χ2v) is 12.0. The van der Waals surface area contributed by atoms with Crippen molar-refractivity contribution >= 4 is 27.6 Å². The van der Waals surface area contributed by atoms with Gasteiger partial charge in [0, 0.05) is 48.7 Å². The average molecular weight is 527 g/mol. The summed E-state index contributed by atoms with van der Waals surface area (Å²) in [4.78, 5) is 1.24. The van der Waals surface area contributed by atoms with E-state index in [1.807, 2.05) is 32.9 Å². The fourth-order valence-electron chi connectivity index (χ4n) is 5.65. The number of hydrogen-bond acceptors (Lipinski definition) is 7. The molecule has 3 aromatic rings. The standard InChI is InChI=1S/C26H31FN6O3S/c1-16(2)36-14-23-22-13-33(37(34,35)25-12-29-32(4)31-25)15-26(22,23)21-10-18(11-28)24(9-17(21)3)30-20-7-5-19(27)6-8-20/h5-12,16,22-23,28,30H,13-15H2,1-4H3/t22-,23-,26+/m0/s1. The van der Waals surface area contributed by atoms with Gasteiger partial charge in [0.05, 0.1) is 18.9 Å². The smallest absolute Gasteiger partial charge is 0.264 e. The highest BCUT2D eigenvalue weighted by atomic mass is 32.2. The number of fused-ring (bicyclic) bond motifs is 1. The van der Waals surface area contributed by atoms with Crippen molar-refractivity contribution in [2.45, 2.75) is 37.3 Å². The Balaban J connectivity index is 1.50. The molecule has 0 spiro atoms. The van der Waals surface area contributed by atoms with Gasteiger partial charge < -0.3 is 15.5 Å². The van der Waals surface area contributed by atoms with E-state index < -0.39 is 15.4 Å². The molecule has 11 heteroatoms. The van der Waals surface area contributed by atoms with Crippen LogP contribution in [0.15, 0.2) is 47.6 Å². The Kier molecular flexibility index (Phi) is 6.41. The van der Waals surface area contributed by atoms with Crippen LogP contribution in [0.3, 0.4) is 0 Å². The second kappa shape index (κ2) is 9.30. The van der Waals surface area contributed by atoms with Crippen molar-refractivity contribution in [1.82, 2.24) is 19.3 Å². The summed E-state index contributed by atoms with van der Waals surface area (Å²) < 4.78 is 47.6. The molecule has 9 nitrogen and oxygen atoms in total. The van der Waals surface area contributed by atoms with Gasteiger partial charge in [-0.3, -0.25) is 0 Å². The van der Waals surface area contributed by atoms with Gasteiger partial charge in [0.2, 0.25) is 5.03 Å². The molecular formula is C26H31FN6O3S. The molecule has 0 radical (unpaired) electrons. The fourth-order valence-corrected chi connectivity index (χ4v) is 7.06. The van der Waals surface area contributed by atoms with Crippen LogP contribution in [0.2, 0.25) is 0 Å². The minimum absolute atomic E-state index is 0.0582. The van der Waals surface area contributed by atoms with Gasteiger partial charge in [0.1, 0.15) is 5.82 Å². The lowest BCUT2D eigenvalue weighted by Gasteiger charge is -2.25. The van der Waals surface area contributed by atoms with Crippen LogP contribution in [0.25, 0.3) is 0 Å². The first-order valence-corrected chi connectivity index (χ1v) is 13.7. The summed E-state index contributed by atoms with van der Waals surface area (Å²) in [5.74, 6) is -0.0672. The molecule has 2 fully saturated rings. The SMILES string of the molecule is Cc1cc(Nc2ccc(F)cc2)c(C=N)cc1[C@]12CN(S(=O)(=O)c3cnn(C)n3)C[C@H]1[C@@H]2COC(C)C. The summed E-state index contributed by atoms with van der Waals surface area (Å²) in [7, 11) is -2.20. The number of aromatic nitrogens is 3. The number of piperidine rings is 1. The first-order valence-electron chi connectivity index (χ1n) is 12.2. The van der Waals surface area contributed by atoms with Crippen molar-refractivity contribution < 1.29 is 17.5 Å². The van der Waals surface area contributed by atoms with Crippen LogP contribution >= 0.6 is 0 Å². The number of sulfonamides is 1. The van der Waals surface area contributed by atoms with Gasteiger partial charge in [-0.2, -0.15) is 14.2 Å². The first-order chi connectivity index (χ1) is 17.6. The maximum absolute atomic E-state index is 13.4. The van der Waals surface area contributed by atoms with E-state index in [1.54, 1.807) is 19.2 Å². The Morgan fingerprint density at radius 1 is 1.30 bits per heavy atom. The van der Waals surface area contributed by atoms with E-state index in [0.717, 1.165) is 16.8 Å². The van der Waals surface area contributed by atoms with E-state index in [4.69, 9.17) is 10.1 Å². The Hall–Kier alpha value is -3.15. The number of aryl methyl sites for hydroxylation is 2. The predicted molar refractivity (Wildman–Crippen MR) is 138 cm³/mol. The molecule has 196 valence electrons. The van der Waals surface area contributed by atoms with Crippen LogP contribution in [-0.4, -0.2) is 59.7 Å². The molecule has 2 aromatic carbocycles. The normalized spacial score (nSPS) is 23.3. The van der Waals surface area contributed by atoms with Crippen LogP contribution in [0.1, 0.15) is 30.5 Å². The zero-order valence-electron chi connectivity index (χ0n) is 21.3. The summed E-state index contributed by atoms with van der Waals surface area (Å²) in [6.45, 7) is 7.21. The predicted octanol–water partition coefficient (Wildman–Crippen LogP) is 3.62. The Morgan fingerprint density at radius 2 is 2.03 bits per heavy atom. The van der Waals surface area contributed by atoms with E-state index in [1.165, 1.54) is 33.6 Å². The molecule has 2 heterocycles. The summed E-state index contributed by atoms with van der Waals surface area (Å²) in [6.07, 6.45) is 2.63. The third kappa shape index (κ3) is 4.45. The van der Waals surface area contributed by atoms with Gasteiger partial charge >= 0.3 is 0 Å². The van der Waals surface area contributed by atoms with Gasteiger partial charge in [-0.15, -0.1) is 5.10 Å². The number of nitrogens with zero attached hydrogens (tertiary/aromatic N) is 4. The van der Waals surface area contributed by atoms with E-state index in [2.05, 4.69) is 15.5 Å². The largest absolute Gasteiger partial charge is 0.378 e. The molecule has 2 N–H and O–H groups in total. The minimum atomic E-state index is -3.79.